The van der Waals surface area contributed by atoms with Crippen molar-refractivity contribution < 1.29 is 14.2 Å². The molecule has 7 N–H and O–H groups in total. The Balaban J connectivity index is 1.46. The van der Waals surface area contributed by atoms with Crippen molar-refractivity contribution in [1.29, 1.82) is 0 Å². The molecule has 1 unspecified atom stereocenters. The fourth-order valence-corrected chi connectivity index (χ4v) is 4.18. The van der Waals surface area contributed by atoms with Crippen LogP contribution in [0.5, 0.6) is 0 Å². The Labute approximate surface area is 203 Å². The molecular weight excluding hydrogens is 448 g/mol. The van der Waals surface area contributed by atoms with E-state index < -0.39 is 11.6 Å². The third-order valence-electron chi connectivity index (χ3n) is 6.34. The van der Waals surface area contributed by atoms with Crippen LogP contribution in [0.3, 0.4) is 0 Å². The number of aromatic nitrogens is 2. The maximum absolute atomic E-state index is 13.3. The summed E-state index contributed by atoms with van der Waals surface area (Å²) < 4.78 is 4.77. The number of hydrogen-bond acceptors (Lipinski definition) is 10. The van der Waals surface area contributed by atoms with Crippen LogP contribution in [-0.4, -0.2) is 57.4 Å². The predicted molar refractivity (Wildman–Crippen MR) is 132 cm³/mol. The molecule has 1 aromatic carbocycles. The summed E-state index contributed by atoms with van der Waals surface area (Å²) in [5.74, 6) is 0.164. The van der Waals surface area contributed by atoms with E-state index in [1.54, 1.807) is 24.3 Å². The van der Waals surface area contributed by atoms with Crippen LogP contribution in [0.25, 0.3) is 0 Å². The van der Waals surface area contributed by atoms with Crippen molar-refractivity contribution in [3.8, 4) is 0 Å². The molecule has 1 amide bonds. The third kappa shape index (κ3) is 5.00. The molecule has 0 spiro atoms. The Morgan fingerprint density at radius 3 is 2.69 bits per heavy atom. The molecule has 2 heterocycles. The Morgan fingerprint density at radius 1 is 1.23 bits per heavy atom. The molecule has 0 radical (unpaired) electrons. The van der Waals surface area contributed by atoms with Crippen LogP contribution in [-0.2, 0) is 4.79 Å². The number of anilines is 2. The minimum Gasteiger partial charge on any atom is -0.379 e. The van der Waals surface area contributed by atoms with Crippen molar-refractivity contribution in [3.05, 3.63) is 59.4 Å². The smallest absolute Gasteiger partial charge is 0.241 e. The van der Waals surface area contributed by atoms with Gasteiger partial charge in [-0.3, -0.25) is 9.59 Å². The number of nitrogens with two attached hydrogens (primary N) is 3. The number of ketones is 1. The molecule has 0 fully saturated rings. The van der Waals surface area contributed by atoms with Crippen LogP contribution in [0.4, 0.5) is 11.5 Å². The molecule has 11 nitrogen and oxygen atoms in total. The molecule has 1 aliphatic heterocycles. The summed E-state index contributed by atoms with van der Waals surface area (Å²) in [4.78, 5) is 32.2. The number of Topliss-reactive ketones (excluding diaryl/α,β-unsaturated/α-hetero) is 1. The first-order chi connectivity index (χ1) is 16.8. The fraction of sp³-hybridized carbons (Fsp3) is 0.375. The standard InChI is InChI=1S/C24H30N8O3/c1-24-12-4-2-7-19(24)29-22(20-21(27)31-35-30-20)32(24)14-18(33)15-8-10-16(11-9-15)28-23(34)17(26)6-3-5-13-25/h2,4,7-11,17H,3,5-6,12-14,25-26H2,1H3,(H2,27,31)(H,28,34)/t17-,24?/m0/s1. The number of unbranched alkanes of at least 4 members (excludes halogenated alkanes) is 1. The number of amidine groups is 1. The van der Waals surface area contributed by atoms with Crippen LogP contribution in [0.1, 0.15) is 48.7 Å². The molecule has 1 aliphatic carbocycles. The van der Waals surface area contributed by atoms with Crippen molar-refractivity contribution in [2.75, 3.05) is 24.1 Å². The zero-order valence-electron chi connectivity index (χ0n) is 19.6. The number of amides is 1. The quantitative estimate of drug-likeness (QED) is 0.291. The zero-order chi connectivity index (χ0) is 25.0. The minimum absolute atomic E-state index is 0.0462. The summed E-state index contributed by atoms with van der Waals surface area (Å²) in [7, 11) is 0. The third-order valence-corrected chi connectivity index (χ3v) is 6.34. The molecule has 11 heteroatoms. The van der Waals surface area contributed by atoms with Gasteiger partial charge in [-0.15, -0.1) is 0 Å². The van der Waals surface area contributed by atoms with Crippen molar-refractivity contribution in [2.45, 2.75) is 44.2 Å². The molecule has 2 atom stereocenters. The molecule has 0 saturated heterocycles. The Hall–Kier alpha value is -3.83. The first-order valence-electron chi connectivity index (χ1n) is 11.6. The van der Waals surface area contributed by atoms with Gasteiger partial charge in [0.1, 0.15) is 0 Å². The SMILES string of the molecule is CC12CC=CC=C1N=C(c1nonc1N)N2CC(=O)c1ccc(NC(=O)[C@@H](N)CCCCN)cc1. The summed E-state index contributed by atoms with van der Waals surface area (Å²) >= 11 is 0. The molecular formula is C24H30N8O3. The Morgan fingerprint density at radius 2 is 2.00 bits per heavy atom. The van der Waals surface area contributed by atoms with Crippen LogP contribution in [0.15, 0.2) is 57.8 Å². The van der Waals surface area contributed by atoms with Gasteiger partial charge in [0.25, 0.3) is 0 Å². The number of nitrogens with one attached hydrogen (secondary N) is 1. The van der Waals surface area contributed by atoms with Crippen LogP contribution in [0, 0.1) is 0 Å². The number of nitrogen functional groups attached to an aromatic ring is 1. The lowest BCUT2D eigenvalue weighted by Gasteiger charge is -2.37. The number of benzene rings is 1. The van der Waals surface area contributed by atoms with Gasteiger partial charge in [0.05, 0.1) is 23.8 Å². The van der Waals surface area contributed by atoms with Gasteiger partial charge in [-0.2, -0.15) is 0 Å². The van der Waals surface area contributed by atoms with E-state index in [9.17, 15) is 9.59 Å². The fourth-order valence-electron chi connectivity index (χ4n) is 4.18. The van der Waals surface area contributed by atoms with E-state index in [4.69, 9.17) is 26.8 Å². The number of fused-ring (bicyclic) bond motifs is 1. The summed E-state index contributed by atoms with van der Waals surface area (Å²) in [6, 6.07) is 6.12. The first-order valence-corrected chi connectivity index (χ1v) is 11.6. The molecule has 2 aromatic rings. The average molecular weight is 479 g/mol. The number of carbonyl (C=O) groups is 2. The van der Waals surface area contributed by atoms with E-state index in [1.807, 2.05) is 30.1 Å². The topological polar surface area (TPSA) is 179 Å². The molecule has 184 valence electrons. The monoisotopic (exact) mass is 478 g/mol. The van der Waals surface area contributed by atoms with Crippen molar-refractivity contribution in [3.63, 3.8) is 0 Å². The van der Waals surface area contributed by atoms with Gasteiger partial charge in [0.15, 0.2) is 23.1 Å². The first kappa shape index (κ1) is 24.3. The van der Waals surface area contributed by atoms with Gasteiger partial charge in [-0.1, -0.05) is 18.6 Å². The van der Waals surface area contributed by atoms with E-state index in [1.165, 1.54) is 0 Å². The maximum Gasteiger partial charge on any atom is 0.241 e. The number of rotatable bonds is 10. The zero-order valence-corrected chi connectivity index (χ0v) is 19.6. The highest BCUT2D eigenvalue weighted by atomic mass is 16.6. The van der Waals surface area contributed by atoms with Gasteiger partial charge < -0.3 is 27.4 Å². The van der Waals surface area contributed by atoms with E-state index in [-0.39, 0.29) is 24.1 Å². The lowest BCUT2D eigenvalue weighted by atomic mass is 9.88. The van der Waals surface area contributed by atoms with Crippen molar-refractivity contribution in [2.24, 2.45) is 16.5 Å². The van der Waals surface area contributed by atoms with E-state index in [0.717, 1.165) is 18.5 Å². The van der Waals surface area contributed by atoms with Gasteiger partial charge in [0, 0.05) is 11.3 Å². The molecule has 0 bridgehead atoms. The lowest BCUT2D eigenvalue weighted by Crippen LogP contribution is -2.49. The Kier molecular flexibility index (Phi) is 7.08. The van der Waals surface area contributed by atoms with E-state index >= 15 is 0 Å². The summed E-state index contributed by atoms with van der Waals surface area (Å²) in [5.41, 5.74) is 19.0. The molecule has 1 aromatic heterocycles. The highest BCUT2D eigenvalue weighted by Crippen LogP contribution is 2.39. The molecule has 0 saturated carbocycles. The maximum atomic E-state index is 13.3. The van der Waals surface area contributed by atoms with Gasteiger partial charge in [0.2, 0.25) is 5.91 Å². The van der Waals surface area contributed by atoms with Gasteiger partial charge in [-0.05, 0) is 73.4 Å². The van der Waals surface area contributed by atoms with Gasteiger partial charge >= 0.3 is 0 Å². The van der Waals surface area contributed by atoms with Crippen LogP contribution in [0.2, 0.25) is 0 Å². The van der Waals surface area contributed by atoms with Crippen molar-refractivity contribution in [1.82, 2.24) is 15.2 Å². The second-order valence-corrected chi connectivity index (χ2v) is 8.86. The molecule has 4 rings (SSSR count). The number of aliphatic imine (C=N–C) groups is 1. The highest BCUT2D eigenvalue weighted by molar-refractivity contribution is 6.07. The highest BCUT2D eigenvalue weighted by Gasteiger charge is 2.45. The van der Waals surface area contributed by atoms with Gasteiger partial charge in [-0.25, -0.2) is 9.62 Å². The second kappa shape index (κ2) is 10.2. The van der Waals surface area contributed by atoms with Crippen LogP contribution >= 0.6 is 0 Å². The minimum atomic E-state index is -0.610. The number of carbonyl (C=O) groups excluding carboxylic acids is 2. The van der Waals surface area contributed by atoms with Crippen LogP contribution < -0.4 is 22.5 Å². The Bertz CT molecular complexity index is 1180. The second-order valence-electron chi connectivity index (χ2n) is 8.86. The summed E-state index contributed by atoms with van der Waals surface area (Å²) in [6.07, 6.45) is 8.73. The number of nitrogens with zero attached hydrogens (tertiary/aromatic N) is 4. The number of allylic oxidation sites excluding steroid dienone is 2. The van der Waals surface area contributed by atoms with Crippen molar-refractivity contribution >= 4 is 29.0 Å². The van der Waals surface area contributed by atoms with E-state index in [2.05, 4.69) is 15.6 Å². The lowest BCUT2D eigenvalue weighted by molar-refractivity contribution is -0.117. The number of hydrogen-bond donors (Lipinski definition) is 4. The average Bonchev–Trinajstić information content (AvgIpc) is 3.39. The summed E-state index contributed by atoms with van der Waals surface area (Å²) in [5, 5.41) is 10.3. The largest absolute Gasteiger partial charge is 0.379 e. The van der Waals surface area contributed by atoms with E-state index in [0.29, 0.717) is 42.2 Å². The normalized spacial score (nSPS) is 19.7. The molecule has 2 aliphatic rings. The predicted octanol–water partition coefficient (Wildman–Crippen LogP) is 1.59. The summed E-state index contributed by atoms with van der Waals surface area (Å²) in [6.45, 7) is 2.64. The molecule has 35 heavy (non-hydrogen) atoms.